The highest BCUT2D eigenvalue weighted by Gasteiger charge is 2.22. The molecule has 9 heteroatoms. The molecule has 0 saturated carbocycles. The van der Waals surface area contributed by atoms with E-state index in [0.717, 1.165) is 43.6 Å². The second-order valence-electron chi connectivity index (χ2n) is 4.38. The molecule has 1 aromatic heterocycles. The Hall–Kier alpha value is -0.630. The molecule has 0 radical (unpaired) electrons. The molecule has 1 aliphatic heterocycles. The smallest absolute Gasteiger partial charge is 0.222 e. The van der Waals surface area contributed by atoms with E-state index in [9.17, 15) is 4.79 Å². The average Bonchev–Trinajstić information content (AvgIpc) is 2.83. The Kier molecular flexibility index (Phi) is 9.04. The fourth-order valence-corrected chi connectivity index (χ4v) is 2.70. The van der Waals surface area contributed by atoms with Crippen LogP contribution in [0, 0.1) is 6.92 Å². The summed E-state index contributed by atoms with van der Waals surface area (Å²) in [5.74, 6) is 1.03. The number of anilines is 1. The number of hydrogen-bond donors (Lipinski definition) is 1. The first-order valence-corrected chi connectivity index (χ1v) is 7.01. The molecule has 0 aliphatic carbocycles. The lowest BCUT2D eigenvalue weighted by atomic mass is 10.2. The van der Waals surface area contributed by atoms with Crippen molar-refractivity contribution in [1.82, 2.24) is 14.3 Å². The molecule has 1 aliphatic rings. The van der Waals surface area contributed by atoms with Crippen LogP contribution in [-0.4, -0.2) is 52.9 Å². The van der Waals surface area contributed by atoms with Crippen LogP contribution in [0.15, 0.2) is 0 Å². The number of hydrogen-bond acceptors (Lipinski definition) is 6. The van der Waals surface area contributed by atoms with Gasteiger partial charge in [-0.05, 0) is 19.9 Å². The second kappa shape index (κ2) is 9.33. The van der Waals surface area contributed by atoms with E-state index < -0.39 is 0 Å². The van der Waals surface area contributed by atoms with Gasteiger partial charge in [0.2, 0.25) is 11.0 Å². The van der Waals surface area contributed by atoms with Crippen molar-refractivity contribution in [3.05, 3.63) is 5.82 Å². The summed E-state index contributed by atoms with van der Waals surface area (Å²) < 4.78 is 4.18. The van der Waals surface area contributed by atoms with Crippen LogP contribution >= 0.6 is 36.3 Å². The molecule has 2 rings (SSSR count). The van der Waals surface area contributed by atoms with Gasteiger partial charge in [-0.3, -0.25) is 4.79 Å². The Morgan fingerprint density at radius 2 is 1.95 bits per heavy atom. The summed E-state index contributed by atoms with van der Waals surface area (Å²) in [5, 5.41) is 0.960. The lowest BCUT2D eigenvalue weighted by Gasteiger charge is -2.34. The van der Waals surface area contributed by atoms with Gasteiger partial charge >= 0.3 is 0 Å². The summed E-state index contributed by atoms with van der Waals surface area (Å²) in [6.07, 6.45) is 1.34. The van der Waals surface area contributed by atoms with Crippen LogP contribution in [0.3, 0.4) is 0 Å². The van der Waals surface area contributed by atoms with Crippen LogP contribution in [0.25, 0.3) is 0 Å². The maximum Gasteiger partial charge on any atom is 0.222 e. The van der Waals surface area contributed by atoms with Gasteiger partial charge in [0, 0.05) is 44.1 Å². The summed E-state index contributed by atoms with van der Waals surface area (Å²) >= 11 is 1.42. The number of carbonyl (C=O) groups is 1. The zero-order valence-corrected chi connectivity index (χ0v) is 13.9. The molecule has 116 valence electrons. The van der Waals surface area contributed by atoms with E-state index in [4.69, 9.17) is 5.73 Å². The lowest BCUT2D eigenvalue weighted by Crippen LogP contribution is -2.48. The Bertz CT molecular complexity index is 409. The van der Waals surface area contributed by atoms with E-state index in [-0.39, 0.29) is 30.7 Å². The summed E-state index contributed by atoms with van der Waals surface area (Å²) in [6.45, 7) is 5.68. The van der Waals surface area contributed by atoms with Gasteiger partial charge in [-0.1, -0.05) is 0 Å². The largest absolute Gasteiger partial charge is 0.343 e. The predicted molar refractivity (Wildman–Crippen MR) is 86.2 cm³/mol. The Morgan fingerprint density at radius 1 is 1.30 bits per heavy atom. The van der Waals surface area contributed by atoms with E-state index in [0.29, 0.717) is 13.0 Å². The predicted octanol–water partition coefficient (Wildman–Crippen LogP) is 1.08. The third-order valence-corrected chi connectivity index (χ3v) is 3.88. The van der Waals surface area contributed by atoms with Crippen molar-refractivity contribution in [3.63, 3.8) is 0 Å². The fourth-order valence-electron chi connectivity index (χ4n) is 1.97. The number of nitrogens with zero attached hydrogens (tertiary/aromatic N) is 4. The molecule has 1 amide bonds. The van der Waals surface area contributed by atoms with Crippen LogP contribution in [0.4, 0.5) is 5.13 Å². The topological polar surface area (TPSA) is 75.4 Å². The van der Waals surface area contributed by atoms with Crippen molar-refractivity contribution in [2.24, 2.45) is 5.73 Å². The van der Waals surface area contributed by atoms with Gasteiger partial charge in [0.15, 0.2) is 0 Å². The van der Waals surface area contributed by atoms with E-state index in [2.05, 4.69) is 14.3 Å². The van der Waals surface area contributed by atoms with Crippen LogP contribution in [0.1, 0.15) is 18.7 Å². The SMILES string of the molecule is Cc1nsc(N2CCN(C(=O)CCCN)CC2)n1.Cl.Cl. The summed E-state index contributed by atoms with van der Waals surface area (Å²) in [4.78, 5) is 20.3. The minimum Gasteiger partial charge on any atom is -0.343 e. The fraction of sp³-hybridized carbons (Fsp3) is 0.727. The number of nitrogens with two attached hydrogens (primary N) is 1. The van der Waals surface area contributed by atoms with Gasteiger partial charge in [0.1, 0.15) is 5.82 Å². The number of aryl methyl sites for hydroxylation is 1. The number of rotatable bonds is 4. The zero-order chi connectivity index (χ0) is 13.0. The van der Waals surface area contributed by atoms with Gasteiger partial charge < -0.3 is 15.5 Å². The molecule has 6 nitrogen and oxygen atoms in total. The van der Waals surface area contributed by atoms with Gasteiger partial charge in [0.05, 0.1) is 0 Å². The molecule has 0 unspecified atom stereocenters. The summed E-state index contributed by atoms with van der Waals surface area (Å²) in [7, 11) is 0. The van der Waals surface area contributed by atoms with Gasteiger partial charge in [-0.15, -0.1) is 24.8 Å². The molecule has 1 saturated heterocycles. The number of carbonyl (C=O) groups excluding carboxylic acids is 1. The van der Waals surface area contributed by atoms with Gasteiger partial charge in [-0.25, -0.2) is 4.98 Å². The van der Waals surface area contributed by atoms with E-state index in [1.807, 2.05) is 11.8 Å². The number of amides is 1. The van der Waals surface area contributed by atoms with Crippen LogP contribution < -0.4 is 10.6 Å². The quantitative estimate of drug-likeness (QED) is 0.886. The Balaban J connectivity index is 0.00000180. The molecule has 0 bridgehead atoms. The normalized spacial score (nSPS) is 14.5. The molecular weight excluding hydrogens is 321 g/mol. The van der Waals surface area contributed by atoms with Crippen LogP contribution in [-0.2, 0) is 4.79 Å². The van der Waals surface area contributed by atoms with E-state index >= 15 is 0 Å². The molecule has 0 spiro atoms. The molecule has 1 fully saturated rings. The average molecular weight is 342 g/mol. The van der Waals surface area contributed by atoms with Crippen molar-refractivity contribution in [1.29, 1.82) is 0 Å². The number of piperazine rings is 1. The molecule has 1 aromatic rings. The second-order valence-corrected chi connectivity index (χ2v) is 5.11. The third-order valence-electron chi connectivity index (χ3n) is 3.01. The minimum absolute atomic E-state index is 0. The van der Waals surface area contributed by atoms with Crippen molar-refractivity contribution >= 4 is 47.4 Å². The molecule has 2 N–H and O–H groups in total. The zero-order valence-electron chi connectivity index (χ0n) is 11.4. The van der Waals surface area contributed by atoms with Crippen molar-refractivity contribution in [3.8, 4) is 0 Å². The van der Waals surface area contributed by atoms with Gasteiger partial charge in [0.25, 0.3) is 0 Å². The first-order chi connectivity index (χ1) is 8.70. The lowest BCUT2D eigenvalue weighted by molar-refractivity contribution is -0.131. The number of halogens is 2. The maximum atomic E-state index is 11.8. The molecule has 2 heterocycles. The van der Waals surface area contributed by atoms with Crippen molar-refractivity contribution in [2.45, 2.75) is 19.8 Å². The number of aromatic nitrogens is 2. The van der Waals surface area contributed by atoms with Crippen molar-refractivity contribution < 1.29 is 4.79 Å². The Morgan fingerprint density at radius 3 is 2.45 bits per heavy atom. The summed E-state index contributed by atoms with van der Waals surface area (Å²) in [5.41, 5.74) is 5.41. The van der Waals surface area contributed by atoms with Crippen LogP contribution in [0.5, 0.6) is 0 Å². The highest BCUT2D eigenvalue weighted by molar-refractivity contribution is 7.09. The van der Waals surface area contributed by atoms with Gasteiger partial charge in [-0.2, -0.15) is 4.37 Å². The molecule has 0 aromatic carbocycles. The standard InChI is InChI=1S/C11H19N5OS.2ClH/c1-9-13-11(18-14-9)16-7-5-15(6-8-16)10(17)3-2-4-12;;/h2-8,12H2,1H3;2*1H. The highest BCUT2D eigenvalue weighted by atomic mass is 35.5. The third kappa shape index (κ3) is 5.05. The minimum atomic E-state index is 0. The summed E-state index contributed by atoms with van der Waals surface area (Å²) in [6, 6.07) is 0. The maximum absolute atomic E-state index is 11.8. The van der Waals surface area contributed by atoms with Crippen molar-refractivity contribution in [2.75, 3.05) is 37.6 Å². The highest BCUT2D eigenvalue weighted by Crippen LogP contribution is 2.18. The Labute approximate surface area is 135 Å². The van der Waals surface area contributed by atoms with Crippen LogP contribution in [0.2, 0.25) is 0 Å². The first-order valence-electron chi connectivity index (χ1n) is 6.24. The molecule has 20 heavy (non-hydrogen) atoms. The monoisotopic (exact) mass is 341 g/mol. The molecule has 0 atom stereocenters. The van der Waals surface area contributed by atoms with E-state index in [1.165, 1.54) is 11.5 Å². The molecular formula is C11H21Cl2N5OS. The first kappa shape index (κ1) is 19.4. The van der Waals surface area contributed by atoms with E-state index in [1.54, 1.807) is 0 Å².